The van der Waals surface area contributed by atoms with Crippen molar-refractivity contribution in [2.75, 3.05) is 11.9 Å². The summed E-state index contributed by atoms with van der Waals surface area (Å²) in [7, 11) is 0. The number of ether oxygens (including phenoxy) is 1. The molecule has 6 nitrogen and oxygen atoms in total. The van der Waals surface area contributed by atoms with Gasteiger partial charge in [0.15, 0.2) is 5.82 Å². The van der Waals surface area contributed by atoms with Crippen molar-refractivity contribution >= 4 is 5.82 Å². The number of nitrogens with zero attached hydrogens (tertiary/aromatic N) is 4. The van der Waals surface area contributed by atoms with Crippen LogP contribution >= 0.6 is 0 Å². The average Bonchev–Trinajstić information content (AvgIpc) is 2.99. The molecule has 6 heteroatoms. The lowest BCUT2D eigenvalue weighted by molar-refractivity contribution is -0.157. The lowest BCUT2D eigenvalue weighted by Gasteiger charge is -2.61. The van der Waals surface area contributed by atoms with Crippen LogP contribution in [0.15, 0.2) is 30.9 Å². The molecule has 2 aromatic rings. The lowest BCUT2D eigenvalue weighted by atomic mass is 9.51. The maximum absolute atomic E-state index is 5.90. The van der Waals surface area contributed by atoms with Crippen LogP contribution in [0.5, 0.6) is 0 Å². The van der Waals surface area contributed by atoms with Crippen molar-refractivity contribution in [3.05, 3.63) is 30.9 Å². The highest BCUT2D eigenvalue weighted by atomic mass is 16.5. The molecule has 116 valence electrons. The lowest BCUT2D eigenvalue weighted by Crippen LogP contribution is -2.64. The summed E-state index contributed by atoms with van der Waals surface area (Å²) < 4.78 is 7.62. The Morgan fingerprint density at radius 2 is 2.32 bits per heavy atom. The number of anilines is 1. The Bertz CT molecular complexity index is 638. The second kappa shape index (κ2) is 5.35. The van der Waals surface area contributed by atoms with E-state index in [9.17, 15) is 0 Å². The highest BCUT2D eigenvalue weighted by Gasteiger charge is 2.59. The summed E-state index contributed by atoms with van der Waals surface area (Å²) in [5.41, 5.74) is 0.319. The minimum atomic E-state index is 0.319. The molecule has 0 aliphatic heterocycles. The van der Waals surface area contributed by atoms with Gasteiger partial charge in [0.2, 0.25) is 0 Å². The largest absolute Gasteiger partial charge is 0.378 e. The molecule has 0 saturated heterocycles. The predicted octanol–water partition coefficient (Wildman–Crippen LogP) is 2.42. The van der Waals surface area contributed by atoms with Crippen LogP contribution in [0.1, 0.15) is 32.6 Å². The molecular weight excluding hydrogens is 278 g/mol. The van der Waals surface area contributed by atoms with E-state index in [2.05, 4.69) is 27.3 Å². The fraction of sp³-hybridized carbons (Fsp3) is 0.562. The fourth-order valence-corrected chi connectivity index (χ4v) is 3.76. The van der Waals surface area contributed by atoms with E-state index in [0.29, 0.717) is 17.6 Å². The molecule has 0 aromatic carbocycles. The third-order valence-electron chi connectivity index (χ3n) is 5.12. The second-order valence-corrected chi connectivity index (χ2v) is 6.18. The van der Waals surface area contributed by atoms with E-state index in [0.717, 1.165) is 24.7 Å². The van der Waals surface area contributed by atoms with E-state index in [1.165, 1.54) is 19.3 Å². The molecule has 2 aliphatic rings. The van der Waals surface area contributed by atoms with Crippen LogP contribution < -0.4 is 5.32 Å². The van der Waals surface area contributed by atoms with Gasteiger partial charge in [-0.25, -0.2) is 9.67 Å². The Kier molecular flexibility index (Phi) is 3.33. The number of nitrogens with one attached hydrogen (secondary N) is 1. The first-order valence-electron chi connectivity index (χ1n) is 8.02. The minimum absolute atomic E-state index is 0.319. The van der Waals surface area contributed by atoms with Gasteiger partial charge >= 0.3 is 0 Å². The van der Waals surface area contributed by atoms with Crippen LogP contribution in [0.4, 0.5) is 5.82 Å². The number of hydrogen-bond acceptors (Lipinski definition) is 5. The molecule has 0 bridgehead atoms. The maximum atomic E-state index is 5.90. The molecule has 22 heavy (non-hydrogen) atoms. The molecule has 2 fully saturated rings. The summed E-state index contributed by atoms with van der Waals surface area (Å²) in [6.45, 7) is 2.87. The number of aromatic nitrogens is 4. The number of hydrogen-bond donors (Lipinski definition) is 1. The van der Waals surface area contributed by atoms with Crippen molar-refractivity contribution in [1.82, 2.24) is 19.7 Å². The van der Waals surface area contributed by atoms with Gasteiger partial charge in [-0.05, 0) is 32.3 Å². The van der Waals surface area contributed by atoms with Crippen molar-refractivity contribution in [2.45, 2.75) is 44.8 Å². The molecular formula is C16H21N5O. The van der Waals surface area contributed by atoms with Crippen molar-refractivity contribution in [2.24, 2.45) is 5.41 Å². The molecule has 2 aromatic heterocycles. The van der Waals surface area contributed by atoms with Crippen LogP contribution in [0.25, 0.3) is 5.82 Å². The van der Waals surface area contributed by atoms with Crippen molar-refractivity contribution < 1.29 is 4.74 Å². The topological polar surface area (TPSA) is 64.9 Å². The quantitative estimate of drug-likeness (QED) is 0.918. The Labute approximate surface area is 129 Å². The molecule has 2 heterocycles. The van der Waals surface area contributed by atoms with Gasteiger partial charge in [0.1, 0.15) is 5.82 Å². The normalized spacial score (nSPS) is 25.5. The molecule has 2 aliphatic carbocycles. The smallest absolute Gasteiger partial charge is 0.173 e. The number of rotatable bonds is 5. The van der Waals surface area contributed by atoms with Crippen LogP contribution in [-0.4, -0.2) is 38.5 Å². The van der Waals surface area contributed by atoms with Crippen LogP contribution in [0.3, 0.4) is 0 Å². The van der Waals surface area contributed by atoms with Crippen LogP contribution in [0.2, 0.25) is 0 Å². The van der Waals surface area contributed by atoms with Gasteiger partial charge in [0, 0.05) is 30.5 Å². The predicted molar refractivity (Wildman–Crippen MR) is 82.9 cm³/mol. The summed E-state index contributed by atoms with van der Waals surface area (Å²) in [6, 6.07) is 2.32. The van der Waals surface area contributed by atoms with Gasteiger partial charge in [0.05, 0.1) is 18.5 Å². The molecule has 2 saturated carbocycles. The Morgan fingerprint density at radius 3 is 3.00 bits per heavy atom. The van der Waals surface area contributed by atoms with Gasteiger partial charge in [0.25, 0.3) is 0 Å². The zero-order chi connectivity index (χ0) is 15.0. The van der Waals surface area contributed by atoms with Crippen molar-refractivity contribution in [3.8, 4) is 5.82 Å². The van der Waals surface area contributed by atoms with Gasteiger partial charge in [-0.15, -0.1) is 0 Å². The SMILES string of the molecule is CCO[C@@H]1C[C@@H](Nc2cncc(-n3cccn3)n2)C12CCC2. The van der Waals surface area contributed by atoms with Crippen LogP contribution in [0, 0.1) is 5.41 Å². The van der Waals surface area contributed by atoms with Gasteiger partial charge in [-0.1, -0.05) is 6.42 Å². The molecule has 1 N–H and O–H groups in total. The molecule has 1 spiro atoms. The van der Waals surface area contributed by atoms with Gasteiger partial charge in [-0.3, -0.25) is 4.98 Å². The first-order chi connectivity index (χ1) is 10.8. The van der Waals surface area contributed by atoms with E-state index < -0.39 is 0 Å². The van der Waals surface area contributed by atoms with E-state index >= 15 is 0 Å². The van der Waals surface area contributed by atoms with Crippen molar-refractivity contribution in [3.63, 3.8) is 0 Å². The Morgan fingerprint density at radius 1 is 1.41 bits per heavy atom. The zero-order valence-electron chi connectivity index (χ0n) is 12.8. The fourth-order valence-electron chi connectivity index (χ4n) is 3.76. The summed E-state index contributed by atoms with van der Waals surface area (Å²) >= 11 is 0. The van der Waals surface area contributed by atoms with E-state index in [-0.39, 0.29) is 0 Å². The van der Waals surface area contributed by atoms with E-state index in [1.54, 1.807) is 23.3 Å². The van der Waals surface area contributed by atoms with E-state index in [4.69, 9.17) is 4.74 Å². The summed E-state index contributed by atoms with van der Waals surface area (Å²) in [4.78, 5) is 8.90. The molecule has 4 rings (SSSR count). The van der Waals surface area contributed by atoms with Crippen LogP contribution in [-0.2, 0) is 4.74 Å². The average molecular weight is 299 g/mol. The molecule has 0 amide bonds. The minimum Gasteiger partial charge on any atom is -0.378 e. The first kappa shape index (κ1) is 13.7. The zero-order valence-corrected chi connectivity index (χ0v) is 12.8. The van der Waals surface area contributed by atoms with E-state index in [1.807, 2.05) is 12.3 Å². The molecule has 0 radical (unpaired) electrons. The third-order valence-corrected chi connectivity index (χ3v) is 5.12. The highest BCUT2D eigenvalue weighted by molar-refractivity contribution is 5.39. The summed E-state index contributed by atoms with van der Waals surface area (Å²) in [6.07, 6.45) is 12.4. The third kappa shape index (κ3) is 2.09. The Hall–Kier alpha value is -1.95. The Balaban J connectivity index is 1.49. The monoisotopic (exact) mass is 299 g/mol. The molecule has 2 atom stereocenters. The molecule has 0 unspecified atom stereocenters. The van der Waals surface area contributed by atoms with Gasteiger partial charge in [-0.2, -0.15) is 5.10 Å². The highest BCUT2D eigenvalue weighted by Crippen LogP contribution is 2.58. The standard InChI is InChI=1S/C16H21N5O/c1-2-22-13-9-12(16(13)5-3-6-16)19-14-10-17-11-15(20-14)21-8-4-7-18-21/h4,7-8,10-13H,2-3,5-6,9H2,1H3,(H,19,20)/t12-,13-/m1/s1. The first-order valence-corrected chi connectivity index (χ1v) is 8.02. The maximum Gasteiger partial charge on any atom is 0.173 e. The van der Waals surface area contributed by atoms with Crippen molar-refractivity contribution in [1.29, 1.82) is 0 Å². The summed E-state index contributed by atoms with van der Waals surface area (Å²) in [5.74, 6) is 1.55. The summed E-state index contributed by atoms with van der Waals surface area (Å²) in [5, 5.41) is 7.77. The second-order valence-electron chi connectivity index (χ2n) is 6.18. The van der Waals surface area contributed by atoms with Gasteiger partial charge < -0.3 is 10.1 Å².